The molecule has 0 aromatic heterocycles. The molecule has 1 aromatic rings. The van der Waals surface area contributed by atoms with Crippen molar-refractivity contribution < 1.29 is 0 Å². The van der Waals surface area contributed by atoms with Crippen molar-refractivity contribution in [2.24, 2.45) is 0 Å². The fourth-order valence-corrected chi connectivity index (χ4v) is 2.55. The monoisotopic (exact) mass is 302 g/mol. The zero-order valence-corrected chi connectivity index (χ0v) is 11.7. The van der Waals surface area contributed by atoms with Gasteiger partial charge < -0.3 is 10.2 Å². The summed E-state index contributed by atoms with van der Waals surface area (Å²) in [6, 6.07) is 6.77. The zero-order valence-electron chi connectivity index (χ0n) is 9.34. The summed E-state index contributed by atoms with van der Waals surface area (Å²) in [5.41, 5.74) is 1.22. The number of nitrogens with zero attached hydrogens (tertiary/aromatic N) is 1. The van der Waals surface area contributed by atoms with Crippen molar-refractivity contribution in [2.75, 3.05) is 24.5 Å². The van der Waals surface area contributed by atoms with E-state index in [4.69, 9.17) is 11.6 Å². The number of likely N-dealkylation sites (N-methyl/N-ethyl adjacent to an activating group) is 1. The molecular weight excluding hydrogens is 288 g/mol. The lowest BCUT2D eigenvalue weighted by Gasteiger charge is -2.19. The molecule has 1 heterocycles. The van der Waals surface area contributed by atoms with Crippen LogP contribution < -0.4 is 10.2 Å². The van der Waals surface area contributed by atoms with Gasteiger partial charge in [0.25, 0.3) is 0 Å². The molecule has 1 atom stereocenters. The molecule has 0 bridgehead atoms. The SMILES string of the molecule is CCNC1CCN(c2ccc(Br)c(Cl)c2)C1. The van der Waals surface area contributed by atoms with Crippen LogP contribution in [0.3, 0.4) is 0 Å². The van der Waals surface area contributed by atoms with Gasteiger partial charge in [0.15, 0.2) is 0 Å². The molecule has 1 fully saturated rings. The molecule has 88 valence electrons. The van der Waals surface area contributed by atoms with Gasteiger partial charge in [0.1, 0.15) is 0 Å². The number of rotatable bonds is 3. The molecule has 0 radical (unpaired) electrons. The topological polar surface area (TPSA) is 15.3 Å². The van der Waals surface area contributed by atoms with Crippen LogP contribution in [0.25, 0.3) is 0 Å². The minimum atomic E-state index is 0.618. The molecule has 1 saturated heterocycles. The molecule has 0 saturated carbocycles. The summed E-state index contributed by atoms with van der Waals surface area (Å²) in [4.78, 5) is 2.38. The van der Waals surface area contributed by atoms with Crippen molar-refractivity contribution in [2.45, 2.75) is 19.4 Å². The van der Waals surface area contributed by atoms with Gasteiger partial charge in [-0.3, -0.25) is 0 Å². The molecule has 1 N–H and O–H groups in total. The van der Waals surface area contributed by atoms with E-state index < -0.39 is 0 Å². The second kappa shape index (κ2) is 5.39. The van der Waals surface area contributed by atoms with E-state index in [2.05, 4.69) is 39.1 Å². The van der Waals surface area contributed by atoms with Crippen molar-refractivity contribution >= 4 is 33.2 Å². The van der Waals surface area contributed by atoms with E-state index in [-0.39, 0.29) is 0 Å². The van der Waals surface area contributed by atoms with Crippen molar-refractivity contribution in [3.8, 4) is 0 Å². The molecule has 16 heavy (non-hydrogen) atoms. The lowest BCUT2D eigenvalue weighted by Crippen LogP contribution is -2.32. The third-order valence-electron chi connectivity index (χ3n) is 2.95. The highest BCUT2D eigenvalue weighted by Crippen LogP contribution is 2.29. The lowest BCUT2D eigenvalue weighted by atomic mass is 10.2. The van der Waals surface area contributed by atoms with Crippen LogP contribution >= 0.6 is 27.5 Å². The van der Waals surface area contributed by atoms with E-state index in [1.807, 2.05) is 12.1 Å². The molecule has 0 spiro atoms. The Labute approximate surface area is 110 Å². The largest absolute Gasteiger partial charge is 0.370 e. The number of nitrogens with one attached hydrogen (secondary N) is 1. The van der Waals surface area contributed by atoms with Crippen LogP contribution in [0.2, 0.25) is 5.02 Å². The first kappa shape index (κ1) is 12.2. The minimum absolute atomic E-state index is 0.618. The summed E-state index contributed by atoms with van der Waals surface area (Å²) in [6.45, 7) is 5.38. The standard InChI is InChI=1S/C12H16BrClN2/c1-2-15-9-5-6-16(8-9)10-3-4-11(13)12(14)7-10/h3-4,7,9,15H,2,5-6,8H2,1H3. The maximum absolute atomic E-state index is 6.10. The third kappa shape index (κ3) is 2.70. The molecule has 2 rings (SSSR count). The molecule has 1 aromatic carbocycles. The van der Waals surface area contributed by atoms with E-state index in [1.54, 1.807) is 0 Å². The van der Waals surface area contributed by atoms with Crippen molar-refractivity contribution in [3.05, 3.63) is 27.7 Å². The van der Waals surface area contributed by atoms with Gasteiger partial charge in [0.2, 0.25) is 0 Å². The minimum Gasteiger partial charge on any atom is -0.370 e. The maximum Gasteiger partial charge on any atom is 0.0568 e. The van der Waals surface area contributed by atoms with Gasteiger partial charge >= 0.3 is 0 Å². The summed E-state index contributed by atoms with van der Waals surface area (Å²) < 4.78 is 0.959. The van der Waals surface area contributed by atoms with Crippen LogP contribution in [0.15, 0.2) is 22.7 Å². The molecule has 1 aliphatic heterocycles. The highest BCUT2D eigenvalue weighted by Gasteiger charge is 2.21. The van der Waals surface area contributed by atoms with Gasteiger partial charge in [-0.2, -0.15) is 0 Å². The first-order valence-electron chi connectivity index (χ1n) is 5.64. The maximum atomic E-state index is 6.10. The Hall–Kier alpha value is -0.250. The van der Waals surface area contributed by atoms with Crippen LogP contribution in [0.1, 0.15) is 13.3 Å². The van der Waals surface area contributed by atoms with E-state index in [0.717, 1.165) is 29.1 Å². The van der Waals surface area contributed by atoms with Crippen LogP contribution in [-0.2, 0) is 0 Å². The van der Waals surface area contributed by atoms with Crippen LogP contribution in [0.4, 0.5) is 5.69 Å². The van der Waals surface area contributed by atoms with Gasteiger partial charge in [-0.15, -0.1) is 0 Å². The highest BCUT2D eigenvalue weighted by atomic mass is 79.9. The average molecular weight is 304 g/mol. The Bertz CT molecular complexity index is 370. The Balaban J connectivity index is 2.05. The molecular formula is C12H16BrClN2. The van der Waals surface area contributed by atoms with E-state index in [9.17, 15) is 0 Å². The molecule has 0 aliphatic carbocycles. The number of hydrogen-bond donors (Lipinski definition) is 1. The van der Waals surface area contributed by atoms with Gasteiger partial charge in [-0.05, 0) is 47.1 Å². The zero-order chi connectivity index (χ0) is 11.5. The first-order valence-corrected chi connectivity index (χ1v) is 6.81. The molecule has 4 heteroatoms. The van der Waals surface area contributed by atoms with Crippen molar-refractivity contribution in [3.63, 3.8) is 0 Å². The fourth-order valence-electron chi connectivity index (χ4n) is 2.13. The van der Waals surface area contributed by atoms with Gasteiger partial charge in [0, 0.05) is 29.3 Å². The van der Waals surface area contributed by atoms with E-state index in [0.29, 0.717) is 6.04 Å². The quantitative estimate of drug-likeness (QED) is 0.922. The van der Waals surface area contributed by atoms with Gasteiger partial charge in [0.05, 0.1) is 5.02 Å². The summed E-state index contributed by atoms with van der Waals surface area (Å²) in [7, 11) is 0. The Kier molecular flexibility index (Phi) is 4.11. The summed E-state index contributed by atoms with van der Waals surface area (Å²) in [6.07, 6.45) is 1.21. The van der Waals surface area contributed by atoms with Crippen LogP contribution in [0, 0.1) is 0 Å². The number of hydrogen-bond acceptors (Lipinski definition) is 2. The summed E-state index contributed by atoms with van der Waals surface area (Å²) >= 11 is 9.51. The molecule has 0 amide bonds. The predicted octanol–water partition coefficient (Wildman–Crippen LogP) is 3.29. The Morgan fingerprint density at radius 3 is 3.06 bits per heavy atom. The number of halogens is 2. The molecule has 1 unspecified atom stereocenters. The fraction of sp³-hybridized carbons (Fsp3) is 0.500. The number of benzene rings is 1. The second-order valence-corrected chi connectivity index (χ2v) is 5.35. The Morgan fingerprint density at radius 2 is 2.38 bits per heavy atom. The van der Waals surface area contributed by atoms with E-state index in [1.165, 1.54) is 12.1 Å². The van der Waals surface area contributed by atoms with E-state index >= 15 is 0 Å². The highest BCUT2D eigenvalue weighted by molar-refractivity contribution is 9.10. The van der Waals surface area contributed by atoms with Gasteiger partial charge in [-0.25, -0.2) is 0 Å². The smallest absolute Gasteiger partial charge is 0.0568 e. The second-order valence-electron chi connectivity index (χ2n) is 4.09. The summed E-state index contributed by atoms with van der Waals surface area (Å²) in [5, 5.41) is 4.27. The van der Waals surface area contributed by atoms with Gasteiger partial charge in [-0.1, -0.05) is 18.5 Å². The van der Waals surface area contributed by atoms with Crippen LogP contribution in [0.5, 0.6) is 0 Å². The first-order chi connectivity index (χ1) is 7.70. The normalized spacial score (nSPS) is 20.4. The number of anilines is 1. The van der Waals surface area contributed by atoms with Crippen LogP contribution in [-0.4, -0.2) is 25.7 Å². The molecule has 1 aliphatic rings. The van der Waals surface area contributed by atoms with Crippen molar-refractivity contribution in [1.29, 1.82) is 0 Å². The average Bonchev–Trinajstić information content (AvgIpc) is 2.71. The predicted molar refractivity (Wildman–Crippen MR) is 73.4 cm³/mol. The Morgan fingerprint density at radius 1 is 1.56 bits per heavy atom. The summed E-state index contributed by atoms with van der Waals surface area (Å²) in [5.74, 6) is 0. The lowest BCUT2D eigenvalue weighted by molar-refractivity contribution is 0.572. The third-order valence-corrected chi connectivity index (χ3v) is 4.18. The van der Waals surface area contributed by atoms with Crippen molar-refractivity contribution in [1.82, 2.24) is 5.32 Å². The molecule has 2 nitrogen and oxygen atoms in total.